The van der Waals surface area contributed by atoms with Crippen LogP contribution in [0.25, 0.3) is 0 Å². The molecule has 0 saturated heterocycles. The van der Waals surface area contributed by atoms with Gasteiger partial charge in [0.25, 0.3) is 0 Å². The minimum absolute atomic E-state index is 0.0671. The van der Waals surface area contributed by atoms with Crippen LogP contribution >= 0.6 is 0 Å². The molecule has 6 heteroatoms. The molecule has 1 spiro atoms. The molecular weight excluding hydrogens is 210 g/mol. The quantitative estimate of drug-likeness (QED) is 0.649. The summed E-state index contributed by atoms with van der Waals surface area (Å²) in [6.07, 6.45) is 3.12. The van der Waals surface area contributed by atoms with Gasteiger partial charge in [-0.3, -0.25) is 4.79 Å². The van der Waals surface area contributed by atoms with Crippen LogP contribution in [-0.2, 0) is 11.8 Å². The van der Waals surface area contributed by atoms with E-state index >= 15 is 0 Å². The van der Waals surface area contributed by atoms with E-state index in [4.69, 9.17) is 5.11 Å². The van der Waals surface area contributed by atoms with Gasteiger partial charge >= 0.3 is 5.97 Å². The number of nitrogens with one attached hydrogen (secondary N) is 2. The molecule has 6 nitrogen and oxygen atoms in total. The molecule has 2 aliphatic rings. The molecule has 0 bridgehead atoms. The summed E-state index contributed by atoms with van der Waals surface area (Å²) in [6, 6.07) is 0. The summed E-state index contributed by atoms with van der Waals surface area (Å²) < 4.78 is 1.50. The first-order valence-corrected chi connectivity index (χ1v) is 5.06. The lowest BCUT2D eigenvalue weighted by Crippen LogP contribution is -2.41. The summed E-state index contributed by atoms with van der Waals surface area (Å²) in [5.74, 6) is -1.06. The van der Waals surface area contributed by atoms with Gasteiger partial charge in [0.1, 0.15) is 5.54 Å². The van der Waals surface area contributed by atoms with Crippen molar-refractivity contribution in [1.29, 1.82) is 0 Å². The molecule has 1 aliphatic heterocycles. The molecule has 2 heterocycles. The zero-order valence-corrected chi connectivity index (χ0v) is 8.70. The Morgan fingerprint density at radius 2 is 2.25 bits per heavy atom. The Labute approximate surface area is 91.2 Å². The van der Waals surface area contributed by atoms with Crippen molar-refractivity contribution in [3.8, 4) is 0 Å². The average molecular weight is 221 g/mol. The number of rotatable bonds is 1. The van der Waals surface area contributed by atoms with Gasteiger partial charge in [-0.2, -0.15) is 0 Å². The minimum atomic E-state index is -0.997. The van der Waals surface area contributed by atoms with Crippen molar-refractivity contribution < 1.29 is 14.7 Å². The first kappa shape index (κ1) is 9.26. The second-order valence-corrected chi connectivity index (χ2v) is 4.34. The lowest BCUT2D eigenvalue weighted by Gasteiger charge is -2.24. The Morgan fingerprint density at radius 3 is 2.81 bits per heavy atom. The number of carbonyl (C=O) groups is 2. The van der Waals surface area contributed by atoms with Crippen molar-refractivity contribution in [2.75, 3.05) is 10.6 Å². The van der Waals surface area contributed by atoms with Crippen LogP contribution in [0.15, 0.2) is 6.20 Å². The Balaban J connectivity index is 2.13. The van der Waals surface area contributed by atoms with Crippen LogP contribution in [0.5, 0.6) is 0 Å². The number of aromatic nitrogens is 1. The number of carbonyl (C=O) groups excluding carboxylic acids is 1. The van der Waals surface area contributed by atoms with Gasteiger partial charge in [0.05, 0.1) is 11.4 Å². The van der Waals surface area contributed by atoms with Crippen LogP contribution in [0.3, 0.4) is 0 Å². The van der Waals surface area contributed by atoms with Crippen molar-refractivity contribution in [3.05, 3.63) is 11.9 Å². The first-order chi connectivity index (χ1) is 7.53. The Bertz CT molecular complexity index is 514. The molecule has 16 heavy (non-hydrogen) atoms. The van der Waals surface area contributed by atoms with Gasteiger partial charge < -0.3 is 20.3 Å². The highest BCUT2D eigenvalue weighted by molar-refractivity contribution is 6.11. The highest BCUT2D eigenvalue weighted by Gasteiger charge is 2.53. The molecule has 1 fully saturated rings. The number of nitrogens with zero attached hydrogens (tertiary/aromatic N) is 1. The Hall–Kier alpha value is -1.98. The van der Waals surface area contributed by atoms with Crippen LogP contribution < -0.4 is 10.6 Å². The maximum absolute atomic E-state index is 11.7. The molecule has 3 rings (SSSR count). The molecule has 3 N–H and O–H groups in total. The largest absolute Gasteiger partial charge is 0.477 e. The third-order valence-electron chi connectivity index (χ3n) is 3.18. The highest BCUT2D eigenvalue weighted by Crippen LogP contribution is 2.46. The van der Waals surface area contributed by atoms with Crippen LogP contribution in [0.2, 0.25) is 0 Å². The predicted molar refractivity (Wildman–Crippen MR) is 56.6 cm³/mol. The standard InChI is InChI=1S/C10H11N3O3/c1-13-4-5-6(7(13)8(14)15)12-10(2-3-10)9(16)11-5/h4,12H,2-3H2,1H3,(H,11,16)(H,14,15). The second-order valence-electron chi connectivity index (χ2n) is 4.34. The van der Waals surface area contributed by atoms with Crippen molar-refractivity contribution in [2.45, 2.75) is 18.4 Å². The lowest BCUT2D eigenvalue weighted by atomic mass is 10.1. The number of fused-ring (bicyclic) bond motifs is 1. The normalized spacial score (nSPS) is 19.9. The van der Waals surface area contributed by atoms with Crippen LogP contribution in [0.4, 0.5) is 11.4 Å². The molecule has 1 aliphatic carbocycles. The van der Waals surface area contributed by atoms with E-state index in [1.165, 1.54) is 4.57 Å². The van der Waals surface area contributed by atoms with E-state index in [1.807, 2.05) is 0 Å². The van der Waals surface area contributed by atoms with E-state index in [0.717, 1.165) is 12.8 Å². The molecule has 0 unspecified atom stereocenters. The zero-order chi connectivity index (χ0) is 11.5. The maximum atomic E-state index is 11.7. The molecule has 84 valence electrons. The fourth-order valence-electron chi connectivity index (χ4n) is 2.12. The lowest BCUT2D eigenvalue weighted by molar-refractivity contribution is -0.117. The van der Waals surface area contributed by atoms with Gasteiger partial charge in [-0.05, 0) is 12.8 Å². The summed E-state index contributed by atoms with van der Waals surface area (Å²) in [7, 11) is 1.65. The van der Waals surface area contributed by atoms with Gasteiger partial charge in [0.2, 0.25) is 5.91 Å². The molecule has 1 aromatic heterocycles. The third kappa shape index (κ3) is 1.01. The van der Waals surface area contributed by atoms with E-state index in [2.05, 4.69) is 10.6 Å². The number of aromatic carboxylic acids is 1. The van der Waals surface area contributed by atoms with E-state index in [0.29, 0.717) is 11.4 Å². The average Bonchev–Trinajstić information content (AvgIpc) is 2.87. The van der Waals surface area contributed by atoms with E-state index in [1.54, 1.807) is 13.2 Å². The number of hydrogen-bond donors (Lipinski definition) is 3. The van der Waals surface area contributed by atoms with E-state index in [-0.39, 0.29) is 11.6 Å². The molecular formula is C10H11N3O3. The smallest absolute Gasteiger partial charge is 0.354 e. The molecule has 1 aromatic rings. The Kier molecular flexibility index (Phi) is 1.49. The molecule has 0 radical (unpaired) electrons. The highest BCUT2D eigenvalue weighted by atomic mass is 16.4. The van der Waals surface area contributed by atoms with E-state index < -0.39 is 11.5 Å². The summed E-state index contributed by atoms with van der Waals surface area (Å²) in [6.45, 7) is 0. The summed E-state index contributed by atoms with van der Waals surface area (Å²) in [4.78, 5) is 22.8. The van der Waals surface area contributed by atoms with Crippen molar-refractivity contribution in [1.82, 2.24) is 4.57 Å². The van der Waals surface area contributed by atoms with Gasteiger partial charge in [0.15, 0.2) is 5.69 Å². The molecule has 0 atom stereocenters. The predicted octanol–water partition coefficient (Wildman–Crippen LogP) is 0.620. The summed E-state index contributed by atoms with van der Waals surface area (Å²) >= 11 is 0. The van der Waals surface area contributed by atoms with Crippen molar-refractivity contribution in [2.24, 2.45) is 7.05 Å². The number of carboxylic acid groups (broad SMARTS) is 1. The summed E-state index contributed by atoms with van der Waals surface area (Å²) in [5.41, 5.74) is 0.689. The number of anilines is 2. The van der Waals surface area contributed by atoms with Crippen LogP contribution in [0, 0.1) is 0 Å². The maximum Gasteiger partial charge on any atom is 0.354 e. The molecule has 1 amide bonds. The SMILES string of the molecule is Cn1cc2c(c1C(=O)O)NC1(CC1)C(=O)N2. The number of amides is 1. The number of carboxylic acids is 1. The zero-order valence-electron chi connectivity index (χ0n) is 8.70. The van der Waals surface area contributed by atoms with Gasteiger partial charge in [-0.15, -0.1) is 0 Å². The monoisotopic (exact) mass is 221 g/mol. The third-order valence-corrected chi connectivity index (χ3v) is 3.18. The number of hydrogen-bond acceptors (Lipinski definition) is 3. The van der Waals surface area contributed by atoms with Gasteiger partial charge in [0, 0.05) is 13.2 Å². The van der Waals surface area contributed by atoms with Crippen LogP contribution in [0.1, 0.15) is 23.3 Å². The fourth-order valence-corrected chi connectivity index (χ4v) is 2.12. The topological polar surface area (TPSA) is 83.4 Å². The Morgan fingerprint density at radius 1 is 1.56 bits per heavy atom. The fraction of sp³-hybridized carbons (Fsp3) is 0.400. The van der Waals surface area contributed by atoms with Crippen LogP contribution in [-0.4, -0.2) is 27.1 Å². The van der Waals surface area contributed by atoms with Gasteiger partial charge in [-0.1, -0.05) is 0 Å². The minimum Gasteiger partial charge on any atom is -0.477 e. The second kappa shape index (κ2) is 2.58. The molecule has 1 saturated carbocycles. The van der Waals surface area contributed by atoms with Crippen molar-refractivity contribution in [3.63, 3.8) is 0 Å². The molecule has 0 aromatic carbocycles. The first-order valence-electron chi connectivity index (χ1n) is 5.06. The van der Waals surface area contributed by atoms with Gasteiger partial charge in [-0.25, -0.2) is 4.79 Å². The van der Waals surface area contributed by atoms with E-state index in [9.17, 15) is 9.59 Å². The summed E-state index contributed by atoms with van der Waals surface area (Å²) in [5, 5.41) is 14.9. The number of aryl methyl sites for hydroxylation is 1. The van der Waals surface area contributed by atoms with Crippen molar-refractivity contribution >= 4 is 23.3 Å².